The molecule has 3 aromatic carbocycles. The fourth-order valence-electron chi connectivity index (χ4n) is 3.85. The molecular weight excluding hydrogens is 506 g/mol. The Hall–Kier alpha value is -4.43. The highest BCUT2D eigenvalue weighted by Gasteiger charge is 2.39. The van der Waals surface area contributed by atoms with Gasteiger partial charge in [0.2, 0.25) is 0 Å². The molecule has 2 N–H and O–H groups in total. The number of hydrogen-bond donors (Lipinski definition) is 2. The van der Waals surface area contributed by atoms with Gasteiger partial charge < -0.3 is 15.4 Å². The van der Waals surface area contributed by atoms with Gasteiger partial charge in [0.15, 0.2) is 0 Å². The fraction of sp³-hybridized carbons (Fsp3) is 0.172. The number of esters is 1. The Morgan fingerprint density at radius 2 is 1.63 bits per heavy atom. The van der Waals surface area contributed by atoms with Crippen molar-refractivity contribution in [3.8, 4) is 0 Å². The van der Waals surface area contributed by atoms with E-state index in [0.717, 1.165) is 10.5 Å². The van der Waals surface area contributed by atoms with Crippen molar-refractivity contribution in [1.82, 2.24) is 5.32 Å². The zero-order valence-corrected chi connectivity index (χ0v) is 21.6. The lowest BCUT2D eigenvalue weighted by molar-refractivity contribution is -0.120. The minimum atomic E-state index is -0.718. The second-order valence-corrected chi connectivity index (χ2v) is 9.01. The largest absolute Gasteiger partial charge is 0.462 e. The number of anilines is 2. The van der Waals surface area contributed by atoms with E-state index < -0.39 is 17.8 Å². The van der Waals surface area contributed by atoms with Gasteiger partial charge in [-0.2, -0.15) is 0 Å². The summed E-state index contributed by atoms with van der Waals surface area (Å²) in [5.74, 6) is -2.19. The molecule has 9 heteroatoms. The van der Waals surface area contributed by atoms with Crippen molar-refractivity contribution >= 4 is 46.7 Å². The van der Waals surface area contributed by atoms with Crippen LogP contribution < -0.4 is 15.5 Å². The number of nitrogens with zero attached hydrogens (tertiary/aromatic N) is 1. The van der Waals surface area contributed by atoms with Crippen LogP contribution >= 0.6 is 11.6 Å². The Bertz CT molecular complexity index is 1400. The molecular formula is C29H26ClN3O5. The van der Waals surface area contributed by atoms with Crippen LogP contribution in [0.25, 0.3) is 0 Å². The maximum Gasteiger partial charge on any atom is 0.338 e. The average molecular weight is 532 g/mol. The van der Waals surface area contributed by atoms with Gasteiger partial charge in [-0.3, -0.25) is 14.4 Å². The molecule has 194 valence electrons. The zero-order valence-electron chi connectivity index (χ0n) is 20.9. The smallest absolute Gasteiger partial charge is 0.338 e. The van der Waals surface area contributed by atoms with Crippen LogP contribution in [0.2, 0.25) is 0 Å². The lowest BCUT2D eigenvalue weighted by Crippen LogP contribution is -2.32. The van der Waals surface area contributed by atoms with E-state index in [-0.39, 0.29) is 40.5 Å². The van der Waals surface area contributed by atoms with Crippen LogP contribution in [0.3, 0.4) is 0 Å². The maximum absolute atomic E-state index is 13.1. The highest BCUT2D eigenvalue weighted by Crippen LogP contribution is 2.31. The number of nitrogens with one attached hydrogen (secondary N) is 2. The summed E-state index contributed by atoms with van der Waals surface area (Å²) >= 11 is 6.24. The summed E-state index contributed by atoms with van der Waals surface area (Å²) in [6.45, 7) is 4.04. The number of benzene rings is 3. The van der Waals surface area contributed by atoms with Gasteiger partial charge in [0.25, 0.3) is 17.7 Å². The van der Waals surface area contributed by atoms with Crippen molar-refractivity contribution in [3.63, 3.8) is 0 Å². The predicted octanol–water partition coefficient (Wildman–Crippen LogP) is 5.18. The Balaban J connectivity index is 1.45. The van der Waals surface area contributed by atoms with Crippen LogP contribution in [-0.4, -0.2) is 30.3 Å². The summed E-state index contributed by atoms with van der Waals surface area (Å²) in [6.07, 6.45) is 0.668. The van der Waals surface area contributed by atoms with Crippen molar-refractivity contribution < 1.29 is 23.9 Å². The predicted molar refractivity (Wildman–Crippen MR) is 145 cm³/mol. The normalized spacial score (nSPS) is 13.9. The molecule has 1 aliphatic heterocycles. The van der Waals surface area contributed by atoms with Gasteiger partial charge in [-0.1, -0.05) is 54.9 Å². The molecule has 38 heavy (non-hydrogen) atoms. The summed E-state index contributed by atoms with van der Waals surface area (Å²) in [4.78, 5) is 51.8. The van der Waals surface area contributed by atoms with Crippen LogP contribution in [0, 0.1) is 0 Å². The molecule has 3 aromatic rings. The van der Waals surface area contributed by atoms with Gasteiger partial charge in [-0.25, -0.2) is 9.69 Å². The Labute approximate surface area is 225 Å². The third kappa shape index (κ3) is 5.76. The van der Waals surface area contributed by atoms with Crippen LogP contribution in [0.4, 0.5) is 11.4 Å². The van der Waals surface area contributed by atoms with Crippen molar-refractivity contribution in [1.29, 1.82) is 0 Å². The second-order valence-electron chi connectivity index (χ2n) is 8.63. The Kier molecular flexibility index (Phi) is 8.23. The van der Waals surface area contributed by atoms with Gasteiger partial charge in [0, 0.05) is 11.3 Å². The zero-order chi connectivity index (χ0) is 27.2. The van der Waals surface area contributed by atoms with Crippen molar-refractivity contribution in [2.45, 2.75) is 26.3 Å². The lowest BCUT2D eigenvalue weighted by atomic mass is 10.1. The van der Waals surface area contributed by atoms with E-state index in [1.165, 1.54) is 12.1 Å². The Morgan fingerprint density at radius 1 is 0.921 bits per heavy atom. The van der Waals surface area contributed by atoms with Crippen molar-refractivity contribution in [3.05, 3.63) is 106 Å². The highest BCUT2D eigenvalue weighted by molar-refractivity contribution is 6.53. The summed E-state index contributed by atoms with van der Waals surface area (Å²) in [6, 6.07) is 21.9. The van der Waals surface area contributed by atoms with Crippen molar-refractivity contribution in [2.75, 3.05) is 16.8 Å². The first-order valence-electron chi connectivity index (χ1n) is 12.1. The van der Waals surface area contributed by atoms with Gasteiger partial charge in [-0.05, 0) is 61.4 Å². The molecule has 0 aromatic heterocycles. The van der Waals surface area contributed by atoms with Gasteiger partial charge >= 0.3 is 5.97 Å². The second kappa shape index (κ2) is 11.7. The molecule has 0 saturated carbocycles. The highest BCUT2D eigenvalue weighted by atomic mass is 35.5. The number of imide groups is 1. The maximum atomic E-state index is 13.1. The van der Waals surface area contributed by atoms with Crippen LogP contribution in [0.1, 0.15) is 52.6 Å². The first-order chi connectivity index (χ1) is 18.3. The van der Waals surface area contributed by atoms with Crippen molar-refractivity contribution in [2.24, 2.45) is 0 Å². The number of rotatable bonds is 9. The molecule has 3 amide bonds. The van der Waals surface area contributed by atoms with E-state index in [0.29, 0.717) is 17.7 Å². The van der Waals surface area contributed by atoms with E-state index in [9.17, 15) is 19.2 Å². The van der Waals surface area contributed by atoms with E-state index >= 15 is 0 Å². The fourth-order valence-corrected chi connectivity index (χ4v) is 4.06. The molecule has 1 unspecified atom stereocenters. The number of amides is 3. The molecule has 8 nitrogen and oxygen atoms in total. The quantitative estimate of drug-likeness (QED) is 0.291. The summed E-state index contributed by atoms with van der Waals surface area (Å²) in [7, 11) is 0. The molecule has 0 radical (unpaired) electrons. The molecule has 0 spiro atoms. The molecule has 4 rings (SSSR count). The molecule has 0 fully saturated rings. The van der Waals surface area contributed by atoms with E-state index in [1.807, 2.05) is 44.2 Å². The van der Waals surface area contributed by atoms with E-state index in [2.05, 4.69) is 10.6 Å². The van der Waals surface area contributed by atoms with Gasteiger partial charge in [0.1, 0.15) is 10.7 Å². The number of ether oxygens (including phenoxy) is 1. The number of carbonyl (C=O) groups is 4. The minimum absolute atomic E-state index is 0.106. The number of hydrogen-bond acceptors (Lipinski definition) is 6. The van der Waals surface area contributed by atoms with Gasteiger partial charge in [-0.15, -0.1) is 0 Å². The molecule has 1 atom stereocenters. The topological polar surface area (TPSA) is 105 Å². The SMILES string of the molecule is CCCOC(=O)c1cccc(N2C(=O)C(Cl)=C(Nc3ccc(C(=O)NC(C)c4ccccc4)cc3)C2=O)c1. The monoisotopic (exact) mass is 531 g/mol. The third-order valence-corrected chi connectivity index (χ3v) is 6.22. The third-order valence-electron chi connectivity index (χ3n) is 5.87. The number of halogens is 1. The molecule has 0 aliphatic carbocycles. The molecule has 0 saturated heterocycles. The van der Waals surface area contributed by atoms with Crippen LogP contribution in [0.5, 0.6) is 0 Å². The summed E-state index contributed by atoms with van der Waals surface area (Å²) < 4.78 is 5.14. The standard InChI is InChI=1S/C29H26ClN3O5/c1-3-16-38-29(37)21-10-7-11-23(17-21)33-27(35)24(30)25(28(33)36)32-22-14-12-20(13-15-22)26(34)31-18(2)19-8-5-4-6-9-19/h4-15,17-18,32H,3,16H2,1-2H3,(H,31,34). The minimum Gasteiger partial charge on any atom is -0.462 e. The van der Waals surface area contributed by atoms with E-state index in [1.54, 1.807) is 36.4 Å². The van der Waals surface area contributed by atoms with E-state index in [4.69, 9.17) is 16.3 Å². The lowest BCUT2D eigenvalue weighted by Gasteiger charge is -2.16. The van der Waals surface area contributed by atoms with Crippen LogP contribution in [-0.2, 0) is 14.3 Å². The molecule has 1 aliphatic rings. The molecule has 1 heterocycles. The van der Waals surface area contributed by atoms with Gasteiger partial charge in [0.05, 0.1) is 23.9 Å². The number of carbonyl (C=O) groups excluding carboxylic acids is 4. The first kappa shape index (κ1) is 26.6. The van der Waals surface area contributed by atoms with Crippen LogP contribution in [0.15, 0.2) is 89.6 Å². The Morgan fingerprint density at radius 3 is 2.32 bits per heavy atom. The molecule has 0 bridgehead atoms. The average Bonchev–Trinajstić information content (AvgIpc) is 3.15. The summed E-state index contributed by atoms with van der Waals surface area (Å²) in [5.41, 5.74) is 2.18. The first-order valence-corrected chi connectivity index (χ1v) is 12.5. The summed E-state index contributed by atoms with van der Waals surface area (Å²) in [5, 5.41) is 5.54.